The number of carbonyl (C=O) groups excluding carboxylic acids is 1. The molecule has 8 heteroatoms. The molecular weight excluding hydrogens is 418 g/mol. The largest absolute Gasteiger partial charge is 0.493 e. The van der Waals surface area contributed by atoms with Crippen LogP contribution in [-0.4, -0.2) is 36.6 Å². The fraction of sp³-hybridized carbons (Fsp3) is 0.318. The number of hydrogen-bond acceptors (Lipinski definition) is 7. The molecule has 3 aromatic rings. The number of aromatic nitrogens is 2. The molecule has 1 amide bonds. The molecule has 0 atom stereocenters. The Labute approximate surface area is 183 Å². The number of fused-ring (bicyclic) bond motifs is 1. The monoisotopic (exact) mass is 441 g/mol. The minimum absolute atomic E-state index is 0.176. The standard InChI is InChI=1S/C22H23N3O3S2/c1-4-12-25(22-24-15-9-5-6-11-18(15)30-22)21(26)16-13-29-20(23-16)14-8-7-10-17(27-2)19(14)28-3/h4,7-8,10,13H,1,5-6,9,11-12H2,2-3H3. The van der Waals surface area contributed by atoms with E-state index in [9.17, 15) is 4.79 Å². The summed E-state index contributed by atoms with van der Waals surface area (Å²) in [6.45, 7) is 4.20. The fourth-order valence-electron chi connectivity index (χ4n) is 3.52. The molecule has 0 aliphatic heterocycles. The first-order valence-electron chi connectivity index (χ1n) is 9.74. The van der Waals surface area contributed by atoms with Crippen molar-refractivity contribution in [1.82, 2.24) is 9.97 Å². The number of thiazole rings is 2. The van der Waals surface area contributed by atoms with E-state index in [0.717, 1.165) is 35.7 Å². The zero-order valence-corrected chi connectivity index (χ0v) is 18.6. The molecule has 0 bridgehead atoms. The highest BCUT2D eigenvalue weighted by Crippen LogP contribution is 2.39. The molecule has 0 fully saturated rings. The van der Waals surface area contributed by atoms with Crippen molar-refractivity contribution < 1.29 is 14.3 Å². The molecule has 1 aromatic carbocycles. The molecule has 0 N–H and O–H groups in total. The van der Waals surface area contributed by atoms with E-state index in [1.165, 1.54) is 22.6 Å². The van der Waals surface area contributed by atoms with Crippen LogP contribution in [0.4, 0.5) is 5.13 Å². The molecule has 0 unspecified atom stereocenters. The van der Waals surface area contributed by atoms with Gasteiger partial charge in [0, 0.05) is 16.8 Å². The maximum atomic E-state index is 13.3. The van der Waals surface area contributed by atoms with Crippen LogP contribution in [0.3, 0.4) is 0 Å². The molecule has 0 saturated heterocycles. The molecule has 0 saturated carbocycles. The molecule has 4 rings (SSSR count). The third kappa shape index (κ3) is 3.85. The molecule has 2 aromatic heterocycles. The SMILES string of the molecule is C=CCN(C(=O)c1csc(-c2cccc(OC)c2OC)n1)c1nc2c(s1)CCCC2. The highest BCUT2D eigenvalue weighted by atomic mass is 32.1. The van der Waals surface area contributed by atoms with Gasteiger partial charge in [-0.2, -0.15) is 0 Å². The van der Waals surface area contributed by atoms with Gasteiger partial charge in [0.05, 0.1) is 25.5 Å². The summed E-state index contributed by atoms with van der Waals surface area (Å²) in [6.07, 6.45) is 6.08. The zero-order chi connectivity index (χ0) is 21.1. The first-order valence-corrected chi connectivity index (χ1v) is 11.4. The summed E-state index contributed by atoms with van der Waals surface area (Å²) in [5, 5.41) is 3.20. The number of carbonyl (C=O) groups is 1. The predicted octanol–water partition coefficient (Wildman–Crippen LogP) is 5.00. The number of amides is 1. The van der Waals surface area contributed by atoms with Gasteiger partial charge in [0.2, 0.25) is 0 Å². The lowest BCUT2D eigenvalue weighted by molar-refractivity contribution is 0.0985. The van der Waals surface area contributed by atoms with Gasteiger partial charge in [0.25, 0.3) is 5.91 Å². The molecule has 156 valence electrons. The van der Waals surface area contributed by atoms with E-state index in [2.05, 4.69) is 11.6 Å². The second-order valence-corrected chi connectivity index (χ2v) is 8.78. The number of benzene rings is 1. The Morgan fingerprint density at radius 2 is 2.07 bits per heavy atom. The van der Waals surface area contributed by atoms with Crippen LogP contribution in [0, 0.1) is 0 Å². The van der Waals surface area contributed by atoms with Crippen molar-refractivity contribution in [2.75, 3.05) is 25.7 Å². The molecule has 6 nitrogen and oxygen atoms in total. The number of hydrogen-bond donors (Lipinski definition) is 0. The Bertz CT molecular complexity index is 1050. The normalized spacial score (nSPS) is 12.9. The Hall–Kier alpha value is -2.71. The van der Waals surface area contributed by atoms with Gasteiger partial charge in [0.15, 0.2) is 16.6 Å². The minimum atomic E-state index is -0.176. The Morgan fingerprint density at radius 1 is 1.23 bits per heavy atom. The number of aryl methyl sites for hydroxylation is 2. The van der Waals surface area contributed by atoms with E-state index in [4.69, 9.17) is 14.5 Å². The summed E-state index contributed by atoms with van der Waals surface area (Å²) in [5.74, 6) is 1.05. The van der Waals surface area contributed by atoms with Crippen molar-refractivity contribution in [2.45, 2.75) is 25.7 Å². The van der Waals surface area contributed by atoms with E-state index in [1.54, 1.807) is 41.9 Å². The van der Waals surface area contributed by atoms with Crippen molar-refractivity contribution in [1.29, 1.82) is 0 Å². The molecule has 1 aliphatic rings. The van der Waals surface area contributed by atoms with E-state index in [-0.39, 0.29) is 5.91 Å². The van der Waals surface area contributed by atoms with Gasteiger partial charge in [-0.3, -0.25) is 9.69 Å². The maximum absolute atomic E-state index is 13.3. The van der Waals surface area contributed by atoms with Crippen molar-refractivity contribution in [3.63, 3.8) is 0 Å². The Morgan fingerprint density at radius 3 is 2.80 bits per heavy atom. The lowest BCUT2D eigenvalue weighted by atomic mass is 10.0. The number of nitrogens with zero attached hydrogens (tertiary/aromatic N) is 3. The van der Waals surface area contributed by atoms with E-state index in [1.807, 2.05) is 18.2 Å². The number of para-hydroxylation sites is 1. The number of anilines is 1. The van der Waals surface area contributed by atoms with Crippen molar-refractivity contribution >= 4 is 33.7 Å². The van der Waals surface area contributed by atoms with Gasteiger partial charge in [-0.25, -0.2) is 9.97 Å². The average molecular weight is 442 g/mol. The number of ether oxygens (including phenoxy) is 2. The van der Waals surface area contributed by atoms with Crippen LogP contribution in [0.1, 0.15) is 33.9 Å². The van der Waals surface area contributed by atoms with Crippen molar-refractivity contribution in [3.8, 4) is 22.1 Å². The van der Waals surface area contributed by atoms with Gasteiger partial charge in [-0.05, 0) is 37.8 Å². The molecule has 1 aliphatic carbocycles. The van der Waals surface area contributed by atoms with E-state index >= 15 is 0 Å². The summed E-state index contributed by atoms with van der Waals surface area (Å²) >= 11 is 3.01. The lowest BCUT2D eigenvalue weighted by Gasteiger charge is -2.16. The van der Waals surface area contributed by atoms with Crippen LogP contribution in [0.25, 0.3) is 10.6 Å². The van der Waals surface area contributed by atoms with Crippen LogP contribution in [0.5, 0.6) is 11.5 Å². The van der Waals surface area contributed by atoms with E-state index < -0.39 is 0 Å². The molecular formula is C22H23N3O3S2. The zero-order valence-electron chi connectivity index (χ0n) is 17.0. The average Bonchev–Trinajstić information content (AvgIpc) is 3.43. The summed E-state index contributed by atoms with van der Waals surface area (Å²) in [6, 6.07) is 5.62. The highest BCUT2D eigenvalue weighted by molar-refractivity contribution is 7.16. The van der Waals surface area contributed by atoms with Gasteiger partial charge >= 0.3 is 0 Å². The smallest absolute Gasteiger partial charge is 0.279 e. The van der Waals surface area contributed by atoms with Crippen LogP contribution in [0.15, 0.2) is 36.2 Å². The predicted molar refractivity (Wildman–Crippen MR) is 121 cm³/mol. The molecule has 0 radical (unpaired) electrons. The molecule has 2 heterocycles. The number of methoxy groups -OCH3 is 2. The van der Waals surface area contributed by atoms with Gasteiger partial charge < -0.3 is 9.47 Å². The topological polar surface area (TPSA) is 64.6 Å². The summed E-state index contributed by atoms with van der Waals surface area (Å²) in [5.41, 5.74) is 2.30. The van der Waals surface area contributed by atoms with Crippen molar-refractivity contribution in [2.24, 2.45) is 0 Å². The maximum Gasteiger partial charge on any atom is 0.279 e. The van der Waals surface area contributed by atoms with Gasteiger partial charge in [-0.15, -0.1) is 29.3 Å². The third-order valence-electron chi connectivity index (χ3n) is 4.98. The third-order valence-corrected chi connectivity index (χ3v) is 7.03. The second-order valence-electron chi connectivity index (χ2n) is 6.86. The summed E-state index contributed by atoms with van der Waals surface area (Å²) < 4.78 is 10.9. The van der Waals surface area contributed by atoms with Gasteiger partial charge in [-0.1, -0.05) is 12.1 Å². The number of rotatable bonds is 7. The summed E-state index contributed by atoms with van der Waals surface area (Å²) in [7, 11) is 3.19. The molecule has 0 spiro atoms. The van der Waals surface area contributed by atoms with Gasteiger partial charge in [0.1, 0.15) is 10.7 Å². The highest BCUT2D eigenvalue weighted by Gasteiger charge is 2.25. The first-order chi connectivity index (χ1) is 14.7. The second kappa shape index (κ2) is 8.97. The Kier molecular flexibility index (Phi) is 6.15. The molecule has 30 heavy (non-hydrogen) atoms. The van der Waals surface area contributed by atoms with E-state index in [0.29, 0.717) is 28.7 Å². The minimum Gasteiger partial charge on any atom is -0.493 e. The first kappa shape index (κ1) is 20.6. The van der Waals surface area contributed by atoms with Crippen LogP contribution in [0.2, 0.25) is 0 Å². The van der Waals surface area contributed by atoms with Crippen LogP contribution < -0.4 is 14.4 Å². The Balaban J connectivity index is 1.65. The quantitative estimate of drug-likeness (QED) is 0.483. The van der Waals surface area contributed by atoms with Crippen molar-refractivity contribution in [3.05, 3.63) is 52.5 Å². The van der Waals surface area contributed by atoms with Crippen LogP contribution >= 0.6 is 22.7 Å². The lowest BCUT2D eigenvalue weighted by Crippen LogP contribution is -2.31. The fourth-order valence-corrected chi connectivity index (χ4v) is 5.49. The summed E-state index contributed by atoms with van der Waals surface area (Å²) in [4.78, 5) is 25.6. The van der Waals surface area contributed by atoms with Crippen LogP contribution in [-0.2, 0) is 12.8 Å².